The lowest BCUT2D eigenvalue weighted by Crippen LogP contribution is -2.39. The summed E-state index contributed by atoms with van der Waals surface area (Å²) in [4.78, 5) is 25.2. The summed E-state index contributed by atoms with van der Waals surface area (Å²) in [5.74, 6) is -0.765. The molecule has 0 heterocycles. The van der Waals surface area contributed by atoms with Crippen molar-refractivity contribution >= 4 is 17.4 Å². The Morgan fingerprint density at radius 3 is 2.29 bits per heavy atom. The van der Waals surface area contributed by atoms with E-state index in [1.165, 1.54) is 18.2 Å². The van der Waals surface area contributed by atoms with Crippen molar-refractivity contribution in [1.29, 1.82) is 0 Å². The van der Waals surface area contributed by atoms with Crippen LogP contribution in [0.3, 0.4) is 0 Å². The molecule has 0 bridgehead atoms. The maximum absolute atomic E-state index is 12.8. The van der Waals surface area contributed by atoms with Gasteiger partial charge in [0, 0.05) is 19.2 Å². The van der Waals surface area contributed by atoms with E-state index in [1.54, 1.807) is 24.0 Å². The molecule has 114 valence electrons. The molecule has 0 saturated heterocycles. The van der Waals surface area contributed by atoms with Crippen molar-refractivity contribution < 1.29 is 14.0 Å². The topological polar surface area (TPSA) is 49.4 Å². The average molecular weight is 292 g/mol. The summed E-state index contributed by atoms with van der Waals surface area (Å²) < 4.78 is 12.8. The third-order valence-corrected chi connectivity index (χ3v) is 3.18. The van der Waals surface area contributed by atoms with Crippen LogP contribution < -0.4 is 5.32 Å². The van der Waals surface area contributed by atoms with E-state index in [2.05, 4.69) is 5.32 Å². The van der Waals surface area contributed by atoms with Gasteiger partial charge in [-0.15, -0.1) is 0 Å². The van der Waals surface area contributed by atoms with Gasteiger partial charge in [0.05, 0.1) is 6.54 Å². The maximum Gasteiger partial charge on any atom is 0.244 e. The molecule has 4 nitrogen and oxygen atoms in total. The van der Waals surface area contributed by atoms with Crippen molar-refractivity contribution in [2.45, 2.75) is 20.8 Å². The predicted octanol–water partition coefficient (Wildman–Crippen LogP) is 2.21. The van der Waals surface area contributed by atoms with Crippen LogP contribution in [0, 0.1) is 5.82 Å². The predicted molar refractivity (Wildman–Crippen MR) is 81.0 cm³/mol. The van der Waals surface area contributed by atoms with E-state index in [-0.39, 0.29) is 24.2 Å². The Bertz CT molecular complexity index is 520. The van der Waals surface area contributed by atoms with Crippen molar-refractivity contribution in [1.82, 2.24) is 10.2 Å². The number of likely N-dealkylation sites (N-methyl/N-ethyl adjacent to an activating group) is 1. The van der Waals surface area contributed by atoms with E-state index in [0.29, 0.717) is 18.7 Å². The van der Waals surface area contributed by atoms with Crippen LogP contribution in [-0.2, 0) is 9.59 Å². The zero-order chi connectivity index (χ0) is 15.8. The average Bonchev–Trinajstić information content (AvgIpc) is 2.47. The fourth-order valence-corrected chi connectivity index (χ4v) is 1.89. The van der Waals surface area contributed by atoms with Crippen LogP contribution in [0.15, 0.2) is 30.3 Å². The molecule has 5 heteroatoms. The lowest BCUT2D eigenvalue weighted by molar-refractivity contribution is -0.131. The fourth-order valence-electron chi connectivity index (χ4n) is 1.89. The number of allylic oxidation sites excluding steroid dienone is 1. The largest absolute Gasteiger partial charge is 0.343 e. The standard InChI is InChI=1S/C16H21FN2O2/c1-4-19(5-2)16(21)11-18-15(20)10-12(3)13-6-8-14(17)9-7-13/h6-10H,4-5,11H2,1-3H3,(H,18,20). The Kier molecular flexibility index (Phi) is 6.59. The second-order valence-electron chi connectivity index (χ2n) is 4.62. The lowest BCUT2D eigenvalue weighted by atomic mass is 10.1. The van der Waals surface area contributed by atoms with Gasteiger partial charge in [-0.1, -0.05) is 12.1 Å². The fraction of sp³-hybridized carbons (Fsp3) is 0.375. The summed E-state index contributed by atoms with van der Waals surface area (Å²) in [7, 11) is 0. The first-order valence-corrected chi connectivity index (χ1v) is 6.97. The molecule has 0 radical (unpaired) electrons. The summed E-state index contributed by atoms with van der Waals surface area (Å²) in [6.45, 7) is 6.77. The van der Waals surface area contributed by atoms with Gasteiger partial charge in [-0.05, 0) is 44.0 Å². The highest BCUT2D eigenvalue weighted by Crippen LogP contribution is 2.13. The van der Waals surface area contributed by atoms with Gasteiger partial charge in [0.2, 0.25) is 11.8 Å². The van der Waals surface area contributed by atoms with Crippen LogP contribution in [0.2, 0.25) is 0 Å². The summed E-state index contributed by atoms with van der Waals surface area (Å²) in [5, 5.41) is 2.56. The molecule has 1 aromatic carbocycles. The Morgan fingerprint density at radius 1 is 1.19 bits per heavy atom. The van der Waals surface area contributed by atoms with Crippen LogP contribution in [0.25, 0.3) is 5.57 Å². The number of nitrogens with one attached hydrogen (secondary N) is 1. The van der Waals surface area contributed by atoms with Crippen molar-refractivity contribution in [3.63, 3.8) is 0 Å². The molecule has 0 saturated carbocycles. The molecule has 0 fully saturated rings. The van der Waals surface area contributed by atoms with Gasteiger partial charge in [0.15, 0.2) is 0 Å². The van der Waals surface area contributed by atoms with Crippen LogP contribution >= 0.6 is 0 Å². The van der Waals surface area contributed by atoms with Crippen LogP contribution in [0.4, 0.5) is 4.39 Å². The number of hydrogen-bond donors (Lipinski definition) is 1. The first-order valence-electron chi connectivity index (χ1n) is 6.97. The number of carbonyl (C=O) groups is 2. The highest BCUT2D eigenvalue weighted by Gasteiger charge is 2.10. The van der Waals surface area contributed by atoms with Gasteiger partial charge < -0.3 is 10.2 Å². The maximum atomic E-state index is 12.8. The highest BCUT2D eigenvalue weighted by atomic mass is 19.1. The van der Waals surface area contributed by atoms with Gasteiger partial charge in [-0.25, -0.2) is 4.39 Å². The number of halogens is 1. The summed E-state index contributed by atoms with van der Waals surface area (Å²) in [5.41, 5.74) is 1.48. The molecule has 0 aliphatic carbocycles. The second-order valence-corrected chi connectivity index (χ2v) is 4.62. The molecule has 0 aliphatic rings. The molecule has 1 aromatic rings. The normalized spacial score (nSPS) is 11.1. The van der Waals surface area contributed by atoms with Gasteiger partial charge in [0.25, 0.3) is 0 Å². The van der Waals surface area contributed by atoms with E-state index in [4.69, 9.17) is 0 Å². The van der Waals surface area contributed by atoms with E-state index >= 15 is 0 Å². The number of nitrogens with zero attached hydrogens (tertiary/aromatic N) is 1. The molecular weight excluding hydrogens is 271 g/mol. The summed E-state index contributed by atoms with van der Waals surface area (Å²) in [6.07, 6.45) is 1.41. The van der Waals surface area contributed by atoms with E-state index in [1.807, 2.05) is 13.8 Å². The van der Waals surface area contributed by atoms with Crippen LogP contribution in [0.5, 0.6) is 0 Å². The van der Waals surface area contributed by atoms with Crippen molar-refractivity contribution in [2.75, 3.05) is 19.6 Å². The lowest BCUT2D eigenvalue weighted by Gasteiger charge is -2.18. The molecule has 21 heavy (non-hydrogen) atoms. The highest BCUT2D eigenvalue weighted by molar-refractivity contribution is 5.96. The SMILES string of the molecule is CCN(CC)C(=O)CNC(=O)C=C(C)c1ccc(F)cc1. The zero-order valence-electron chi connectivity index (χ0n) is 12.6. The number of rotatable bonds is 6. The van der Waals surface area contributed by atoms with Crippen LogP contribution in [0.1, 0.15) is 26.3 Å². The first-order chi connectivity index (χ1) is 9.97. The van der Waals surface area contributed by atoms with Crippen molar-refractivity contribution in [3.8, 4) is 0 Å². The molecular formula is C16H21FN2O2. The van der Waals surface area contributed by atoms with E-state index in [9.17, 15) is 14.0 Å². The monoisotopic (exact) mass is 292 g/mol. The van der Waals surface area contributed by atoms with E-state index in [0.717, 1.165) is 5.56 Å². The molecule has 0 unspecified atom stereocenters. The van der Waals surface area contributed by atoms with Gasteiger partial charge >= 0.3 is 0 Å². The van der Waals surface area contributed by atoms with Crippen molar-refractivity contribution in [3.05, 3.63) is 41.7 Å². The quantitative estimate of drug-likeness (QED) is 0.817. The Morgan fingerprint density at radius 2 is 1.76 bits per heavy atom. The Labute approximate surface area is 124 Å². The minimum absolute atomic E-state index is 0.0201. The molecule has 0 aromatic heterocycles. The zero-order valence-corrected chi connectivity index (χ0v) is 12.6. The third kappa shape index (κ3) is 5.38. The minimum atomic E-state index is -0.336. The Balaban J connectivity index is 2.58. The third-order valence-electron chi connectivity index (χ3n) is 3.18. The van der Waals surface area contributed by atoms with Gasteiger partial charge in [-0.3, -0.25) is 9.59 Å². The number of carbonyl (C=O) groups excluding carboxylic acids is 2. The molecule has 0 atom stereocenters. The molecule has 0 spiro atoms. The minimum Gasteiger partial charge on any atom is -0.343 e. The smallest absolute Gasteiger partial charge is 0.244 e. The summed E-state index contributed by atoms with van der Waals surface area (Å²) in [6, 6.07) is 5.90. The van der Waals surface area contributed by atoms with Crippen LogP contribution in [-0.4, -0.2) is 36.3 Å². The first kappa shape index (κ1) is 16.9. The molecule has 2 amide bonds. The summed E-state index contributed by atoms with van der Waals surface area (Å²) >= 11 is 0. The Hall–Kier alpha value is -2.17. The molecule has 0 aliphatic heterocycles. The second kappa shape index (κ2) is 8.19. The van der Waals surface area contributed by atoms with Crippen molar-refractivity contribution in [2.24, 2.45) is 0 Å². The van der Waals surface area contributed by atoms with E-state index < -0.39 is 0 Å². The number of hydrogen-bond acceptors (Lipinski definition) is 2. The molecule has 1 rings (SSSR count). The van der Waals surface area contributed by atoms with Gasteiger partial charge in [-0.2, -0.15) is 0 Å². The number of benzene rings is 1. The number of amides is 2. The van der Waals surface area contributed by atoms with Gasteiger partial charge in [0.1, 0.15) is 5.82 Å². The molecule has 1 N–H and O–H groups in total.